The van der Waals surface area contributed by atoms with Crippen molar-refractivity contribution in [3.8, 4) is 11.5 Å². The van der Waals surface area contributed by atoms with E-state index in [-0.39, 0.29) is 5.69 Å². The Hall–Kier alpha value is -3.15. The maximum absolute atomic E-state index is 11.8. The van der Waals surface area contributed by atoms with Gasteiger partial charge in [-0.15, -0.1) is 5.11 Å². The molecule has 0 saturated carbocycles. The lowest BCUT2D eigenvalue weighted by Crippen LogP contribution is -2.01. The molecular weight excluding hydrogens is 492 g/mol. The number of phenolic OH excluding ortho intramolecular Hbond substituents is 2. The van der Waals surface area contributed by atoms with Gasteiger partial charge in [0.25, 0.3) is 30.4 Å². The van der Waals surface area contributed by atoms with Gasteiger partial charge in [0.05, 0.1) is 20.9 Å². The molecule has 0 amide bonds. The Morgan fingerprint density at radius 1 is 0.625 bits per heavy atom. The van der Waals surface area contributed by atoms with Gasteiger partial charge < -0.3 is 10.2 Å². The maximum atomic E-state index is 11.8. The van der Waals surface area contributed by atoms with Crippen molar-refractivity contribution in [3.05, 3.63) is 42.5 Å². The van der Waals surface area contributed by atoms with Crippen LogP contribution in [0.15, 0.2) is 67.4 Å². The molecule has 16 heteroatoms. The Balaban J connectivity index is 2.33. The zero-order valence-corrected chi connectivity index (χ0v) is 17.8. The van der Waals surface area contributed by atoms with E-state index in [2.05, 4.69) is 10.2 Å². The van der Waals surface area contributed by atoms with Gasteiger partial charge in [-0.05, 0) is 30.3 Å². The first kappa shape index (κ1) is 23.5. The van der Waals surface area contributed by atoms with Crippen molar-refractivity contribution in [3.63, 3.8) is 0 Å². The van der Waals surface area contributed by atoms with Crippen molar-refractivity contribution in [2.45, 2.75) is 14.7 Å². The molecule has 32 heavy (non-hydrogen) atoms. The molecule has 3 aromatic rings. The Morgan fingerprint density at radius 2 is 1.16 bits per heavy atom. The van der Waals surface area contributed by atoms with Crippen LogP contribution < -0.4 is 0 Å². The van der Waals surface area contributed by atoms with Gasteiger partial charge in [0.15, 0.2) is 0 Å². The molecule has 0 aliphatic heterocycles. The Bertz CT molecular complexity index is 1590. The molecule has 0 heterocycles. The highest BCUT2D eigenvalue weighted by atomic mass is 32.2. The van der Waals surface area contributed by atoms with Crippen LogP contribution in [0.5, 0.6) is 11.5 Å². The number of phenols is 2. The number of nitrogens with zero attached hydrogens (tertiary/aromatic N) is 2. The third kappa shape index (κ3) is 4.69. The molecule has 3 aromatic carbocycles. The van der Waals surface area contributed by atoms with Crippen LogP contribution in [-0.4, -0.2) is 49.1 Å². The van der Waals surface area contributed by atoms with Crippen LogP contribution >= 0.6 is 0 Å². The van der Waals surface area contributed by atoms with E-state index in [1.165, 1.54) is 0 Å². The zero-order valence-electron chi connectivity index (χ0n) is 15.3. The lowest BCUT2D eigenvalue weighted by atomic mass is 10.1. The molecule has 0 bridgehead atoms. The summed E-state index contributed by atoms with van der Waals surface area (Å²) >= 11 is 0. The van der Waals surface area contributed by atoms with E-state index in [4.69, 9.17) is 4.55 Å². The van der Waals surface area contributed by atoms with Crippen LogP contribution in [0.3, 0.4) is 0 Å². The molecule has 0 unspecified atom stereocenters. The van der Waals surface area contributed by atoms with E-state index in [1.54, 1.807) is 0 Å². The number of hydrogen-bond donors (Lipinski definition) is 5. The summed E-state index contributed by atoms with van der Waals surface area (Å²) in [5.41, 5.74) is -0.768. The summed E-state index contributed by atoms with van der Waals surface area (Å²) in [5.74, 6) is -1.72. The minimum absolute atomic E-state index is 0.0601. The van der Waals surface area contributed by atoms with Crippen molar-refractivity contribution in [1.29, 1.82) is 0 Å². The van der Waals surface area contributed by atoms with Crippen molar-refractivity contribution < 1.29 is 49.1 Å². The first-order valence-electron chi connectivity index (χ1n) is 8.06. The van der Waals surface area contributed by atoms with Crippen LogP contribution in [0.25, 0.3) is 10.8 Å². The molecule has 13 nitrogen and oxygen atoms in total. The molecule has 0 aliphatic rings. The number of fused-ring (bicyclic) bond motifs is 1. The zero-order chi connectivity index (χ0) is 24.1. The number of azo groups is 1. The van der Waals surface area contributed by atoms with Crippen molar-refractivity contribution >= 4 is 52.5 Å². The normalized spacial score (nSPS) is 13.1. The molecule has 0 aromatic heterocycles. The summed E-state index contributed by atoms with van der Waals surface area (Å²) in [6.07, 6.45) is 0. The molecule has 0 spiro atoms. The largest absolute Gasteiger partial charge is 0.507 e. The maximum Gasteiger partial charge on any atom is 0.296 e. The molecule has 0 fully saturated rings. The third-order valence-electron chi connectivity index (χ3n) is 4.08. The fourth-order valence-corrected chi connectivity index (χ4v) is 4.36. The quantitative estimate of drug-likeness (QED) is 0.250. The lowest BCUT2D eigenvalue weighted by molar-refractivity contribution is 0.457. The van der Waals surface area contributed by atoms with E-state index in [0.717, 1.165) is 24.3 Å². The molecule has 3 rings (SSSR count). The fraction of sp³-hybridized carbons (Fsp3) is 0. The van der Waals surface area contributed by atoms with Crippen LogP contribution in [0.4, 0.5) is 11.4 Å². The van der Waals surface area contributed by atoms with E-state index in [9.17, 15) is 44.6 Å². The Kier molecular flexibility index (Phi) is 5.71. The second kappa shape index (κ2) is 7.76. The summed E-state index contributed by atoms with van der Waals surface area (Å²) in [6.45, 7) is 0. The second-order valence-corrected chi connectivity index (χ2v) is 10.5. The molecule has 0 saturated heterocycles. The van der Waals surface area contributed by atoms with Gasteiger partial charge >= 0.3 is 0 Å². The number of aromatic hydroxyl groups is 2. The standard InChI is InChI=1S/C16H12N2O11S3/c19-12-6-10(31(24,25)26)5-11-15(12)13(20)7-14(32(27,28)29)16(11)18-17-8-1-3-9(4-2-8)30(21,22)23/h1-7,19-20H,(H,21,22,23)(H,24,25,26)(H,27,28,29). The summed E-state index contributed by atoms with van der Waals surface area (Å²) in [6, 6.07) is 5.93. The van der Waals surface area contributed by atoms with Crippen LogP contribution in [-0.2, 0) is 30.4 Å². The molecule has 170 valence electrons. The number of hydrogen-bond acceptors (Lipinski definition) is 10. The predicted octanol–water partition coefficient (Wildman–Crippen LogP) is 2.41. The third-order valence-corrected chi connectivity index (χ3v) is 6.65. The summed E-state index contributed by atoms with van der Waals surface area (Å²) in [4.78, 5) is -2.34. The van der Waals surface area contributed by atoms with Crippen molar-refractivity contribution in [2.75, 3.05) is 0 Å². The highest BCUT2D eigenvalue weighted by Crippen LogP contribution is 2.44. The molecule has 5 N–H and O–H groups in total. The molecule has 0 radical (unpaired) electrons. The van der Waals surface area contributed by atoms with Crippen LogP contribution in [0.1, 0.15) is 0 Å². The van der Waals surface area contributed by atoms with E-state index >= 15 is 0 Å². The van der Waals surface area contributed by atoms with E-state index in [0.29, 0.717) is 18.2 Å². The highest BCUT2D eigenvalue weighted by molar-refractivity contribution is 7.86. The minimum Gasteiger partial charge on any atom is -0.507 e. The van der Waals surface area contributed by atoms with Gasteiger partial charge in [0.1, 0.15) is 22.1 Å². The Morgan fingerprint density at radius 3 is 1.66 bits per heavy atom. The van der Waals surface area contributed by atoms with Gasteiger partial charge in [0, 0.05) is 17.5 Å². The van der Waals surface area contributed by atoms with Gasteiger partial charge in [-0.1, -0.05) is 0 Å². The smallest absolute Gasteiger partial charge is 0.296 e. The molecule has 0 atom stereocenters. The van der Waals surface area contributed by atoms with Gasteiger partial charge in [-0.2, -0.15) is 30.4 Å². The first-order chi connectivity index (χ1) is 14.6. The van der Waals surface area contributed by atoms with Crippen molar-refractivity contribution in [1.82, 2.24) is 0 Å². The van der Waals surface area contributed by atoms with Crippen LogP contribution in [0.2, 0.25) is 0 Å². The van der Waals surface area contributed by atoms with E-state index < -0.39 is 73.0 Å². The monoisotopic (exact) mass is 504 g/mol. The highest BCUT2D eigenvalue weighted by Gasteiger charge is 2.25. The SMILES string of the molecule is O=S(=O)(O)c1ccc(N=Nc2c(S(=O)(=O)O)cc(O)c3c(O)cc(S(=O)(=O)O)cc23)cc1. The topological polar surface area (TPSA) is 228 Å². The number of rotatable bonds is 5. The van der Waals surface area contributed by atoms with Crippen molar-refractivity contribution in [2.24, 2.45) is 10.2 Å². The average Bonchev–Trinajstić information content (AvgIpc) is 2.64. The molecular formula is C16H12N2O11S3. The first-order valence-corrected chi connectivity index (χ1v) is 12.4. The molecule has 0 aliphatic carbocycles. The summed E-state index contributed by atoms with van der Waals surface area (Å²) in [5, 5.41) is 26.6. The second-order valence-electron chi connectivity index (χ2n) is 6.23. The summed E-state index contributed by atoms with van der Waals surface area (Å²) < 4.78 is 96.5. The average molecular weight is 504 g/mol. The predicted molar refractivity (Wildman–Crippen MR) is 107 cm³/mol. The summed E-state index contributed by atoms with van der Waals surface area (Å²) in [7, 11) is -14.4. The fourth-order valence-electron chi connectivity index (χ4n) is 2.70. The van der Waals surface area contributed by atoms with Gasteiger partial charge in [-0.25, -0.2) is 0 Å². The van der Waals surface area contributed by atoms with Gasteiger partial charge in [-0.3, -0.25) is 13.7 Å². The Labute approximate surface area is 180 Å². The minimum atomic E-state index is -5.06. The number of benzene rings is 3. The lowest BCUT2D eigenvalue weighted by Gasteiger charge is -2.11. The van der Waals surface area contributed by atoms with Gasteiger partial charge in [0.2, 0.25) is 0 Å². The van der Waals surface area contributed by atoms with Crippen LogP contribution in [0, 0.1) is 0 Å². The van der Waals surface area contributed by atoms with E-state index in [1.807, 2.05) is 0 Å².